The molecular formula is C10H13NO4. The Kier molecular flexibility index (Phi) is 3.38. The number of benzene rings is 1. The summed E-state index contributed by atoms with van der Waals surface area (Å²) in [6.07, 6.45) is 0. The van der Waals surface area contributed by atoms with Crippen molar-refractivity contribution in [2.75, 3.05) is 12.4 Å². The molecule has 0 spiro atoms. The predicted octanol–water partition coefficient (Wildman–Crippen LogP) is 1.29. The monoisotopic (exact) mass is 211 g/mol. The van der Waals surface area contributed by atoms with Gasteiger partial charge in [-0.05, 0) is 19.1 Å². The van der Waals surface area contributed by atoms with Gasteiger partial charge in [0.05, 0.1) is 7.11 Å². The van der Waals surface area contributed by atoms with E-state index >= 15 is 0 Å². The molecule has 0 aliphatic heterocycles. The van der Waals surface area contributed by atoms with Crippen LogP contribution in [0, 0.1) is 0 Å². The molecule has 0 aliphatic carbocycles. The lowest BCUT2D eigenvalue weighted by Crippen LogP contribution is -2.25. The summed E-state index contributed by atoms with van der Waals surface area (Å²) in [6.45, 7) is 1.53. The second-order valence-corrected chi connectivity index (χ2v) is 3.09. The van der Waals surface area contributed by atoms with E-state index in [2.05, 4.69) is 5.32 Å². The number of hydrogen-bond donors (Lipinski definition) is 3. The van der Waals surface area contributed by atoms with Crippen LogP contribution in [0.25, 0.3) is 0 Å². The largest absolute Gasteiger partial charge is 0.504 e. The molecule has 0 saturated heterocycles. The van der Waals surface area contributed by atoms with Gasteiger partial charge in [0, 0.05) is 11.8 Å². The third-order valence-corrected chi connectivity index (χ3v) is 1.93. The predicted molar refractivity (Wildman–Crippen MR) is 55.4 cm³/mol. The van der Waals surface area contributed by atoms with Crippen LogP contribution >= 0.6 is 0 Å². The van der Waals surface area contributed by atoms with Gasteiger partial charge >= 0.3 is 5.97 Å². The van der Waals surface area contributed by atoms with Crippen LogP contribution in [-0.4, -0.2) is 29.3 Å². The Morgan fingerprint density at radius 3 is 2.73 bits per heavy atom. The average Bonchev–Trinajstić information content (AvgIpc) is 2.20. The third kappa shape index (κ3) is 2.77. The number of anilines is 1. The number of carboxylic acids is 1. The SMILES string of the molecule is COc1cc(N[C@@H](C)C(=O)O)ccc1O. The smallest absolute Gasteiger partial charge is 0.325 e. The van der Waals surface area contributed by atoms with Crippen molar-refractivity contribution in [3.8, 4) is 11.5 Å². The fraction of sp³-hybridized carbons (Fsp3) is 0.300. The first kappa shape index (κ1) is 11.2. The zero-order valence-electron chi connectivity index (χ0n) is 8.52. The quantitative estimate of drug-likeness (QED) is 0.654. The van der Waals surface area contributed by atoms with Gasteiger partial charge in [-0.2, -0.15) is 0 Å². The fourth-order valence-electron chi connectivity index (χ4n) is 1.08. The minimum Gasteiger partial charge on any atom is -0.504 e. The first-order valence-electron chi connectivity index (χ1n) is 4.41. The van der Waals surface area contributed by atoms with E-state index in [9.17, 15) is 9.90 Å². The molecule has 0 radical (unpaired) electrons. The number of ether oxygens (including phenoxy) is 1. The Bertz CT molecular complexity index is 364. The lowest BCUT2D eigenvalue weighted by Gasteiger charge is -2.12. The van der Waals surface area contributed by atoms with Crippen LogP contribution in [0.1, 0.15) is 6.92 Å². The van der Waals surface area contributed by atoms with E-state index in [1.165, 1.54) is 26.2 Å². The van der Waals surface area contributed by atoms with Crippen LogP contribution in [0.4, 0.5) is 5.69 Å². The van der Waals surface area contributed by atoms with Gasteiger partial charge in [0.1, 0.15) is 6.04 Å². The standard InChI is InChI=1S/C10H13NO4/c1-6(10(13)14)11-7-3-4-8(12)9(5-7)15-2/h3-6,11-12H,1-2H3,(H,13,14)/t6-/m0/s1. The molecule has 1 atom stereocenters. The number of methoxy groups -OCH3 is 1. The lowest BCUT2D eigenvalue weighted by atomic mass is 10.2. The summed E-state index contributed by atoms with van der Waals surface area (Å²) in [4.78, 5) is 10.6. The van der Waals surface area contributed by atoms with Gasteiger partial charge in [0.15, 0.2) is 11.5 Å². The second-order valence-electron chi connectivity index (χ2n) is 3.09. The Morgan fingerprint density at radius 2 is 2.20 bits per heavy atom. The maximum Gasteiger partial charge on any atom is 0.325 e. The van der Waals surface area contributed by atoms with Gasteiger partial charge in [-0.25, -0.2) is 0 Å². The first-order valence-corrected chi connectivity index (χ1v) is 4.41. The molecule has 0 saturated carbocycles. The minimum atomic E-state index is -0.943. The highest BCUT2D eigenvalue weighted by Crippen LogP contribution is 2.28. The highest BCUT2D eigenvalue weighted by molar-refractivity contribution is 5.77. The van der Waals surface area contributed by atoms with Gasteiger partial charge in [-0.3, -0.25) is 4.79 Å². The Hall–Kier alpha value is -1.91. The van der Waals surface area contributed by atoms with Crippen molar-refractivity contribution in [1.82, 2.24) is 0 Å². The molecule has 0 fully saturated rings. The Morgan fingerprint density at radius 1 is 1.53 bits per heavy atom. The van der Waals surface area contributed by atoms with Gasteiger partial charge in [-0.15, -0.1) is 0 Å². The molecule has 1 aromatic carbocycles. The number of carbonyl (C=O) groups is 1. The number of aromatic hydroxyl groups is 1. The summed E-state index contributed by atoms with van der Waals surface area (Å²) >= 11 is 0. The van der Waals surface area contributed by atoms with E-state index in [0.29, 0.717) is 11.4 Å². The summed E-state index contributed by atoms with van der Waals surface area (Å²) < 4.78 is 4.89. The van der Waals surface area contributed by atoms with E-state index < -0.39 is 12.0 Å². The first-order chi connectivity index (χ1) is 7.04. The van der Waals surface area contributed by atoms with E-state index in [1.807, 2.05) is 0 Å². The Labute approximate surface area is 87.3 Å². The van der Waals surface area contributed by atoms with Gasteiger partial charge in [0.25, 0.3) is 0 Å². The molecular weight excluding hydrogens is 198 g/mol. The topological polar surface area (TPSA) is 78.8 Å². The molecule has 1 rings (SSSR count). The molecule has 82 valence electrons. The highest BCUT2D eigenvalue weighted by atomic mass is 16.5. The number of hydrogen-bond acceptors (Lipinski definition) is 4. The maximum atomic E-state index is 10.6. The molecule has 1 aromatic rings. The molecule has 0 aliphatic rings. The number of carboxylic acid groups (broad SMARTS) is 1. The molecule has 5 heteroatoms. The molecule has 0 heterocycles. The van der Waals surface area contributed by atoms with Crippen LogP contribution in [0.15, 0.2) is 18.2 Å². The number of rotatable bonds is 4. The van der Waals surface area contributed by atoms with Crippen LogP contribution < -0.4 is 10.1 Å². The van der Waals surface area contributed by atoms with Crippen molar-refractivity contribution in [2.45, 2.75) is 13.0 Å². The molecule has 0 bridgehead atoms. The molecule has 0 amide bonds. The number of phenols is 1. The minimum absolute atomic E-state index is 0.0195. The summed E-state index contributed by atoms with van der Waals surface area (Å²) in [5, 5.41) is 20.7. The van der Waals surface area contributed by atoms with Crippen molar-refractivity contribution in [3.05, 3.63) is 18.2 Å². The van der Waals surface area contributed by atoms with E-state index in [4.69, 9.17) is 9.84 Å². The second kappa shape index (κ2) is 4.54. The van der Waals surface area contributed by atoms with E-state index in [0.717, 1.165) is 0 Å². The van der Waals surface area contributed by atoms with Crippen LogP contribution in [0.3, 0.4) is 0 Å². The molecule has 0 unspecified atom stereocenters. The van der Waals surface area contributed by atoms with Crippen molar-refractivity contribution in [3.63, 3.8) is 0 Å². The highest BCUT2D eigenvalue weighted by Gasteiger charge is 2.11. The summed E-state index contributed by atoms with van der Waals surface area (Å²) in [7, 11) is 1.43. The third-order valence-electron chi connectivity index (χ3n) is 1.93. The van der Waals surface area contributed by atoms with Crippen molar-refractivity contribution >= 4 is 11.7 Å². The van der Waals surface area contributed by atoms with Gasteiger partial charge in [0.2, 0.25) is 0 Å². The van der Waals surface area contributed by atoms with Gasteiger partial charge in [-0.1, -0.05) is 0 Å². The lowest BCUT2D eigenvalue weighted by molar-refractivity contribution is -0.137. The normalized spacial score (nSPS) is 11.9. The summed E-state index contributed by atoms with van der Waals surface area (Å²) in [5.41, 5.74) is 0.583. The van der Waals surface area contributed by atoms with Crippen LogP contribution in [0.2, 0.25) is 0 Å². The zero-order chi connectivity index (χ0) is 11.4. The molecule has 3 N–H and O–H groups in total. The number of nitrogens with one attached hydrogen (secondary N) is 1. The zero-order valence-corrected chi connectivity index (χ0v) is 8.52. The molecule has 5 nitrogen and oxygen atoms in total. The van der Waals surface area contributed by atoms with Crippen molar-refractivity contribution < 1.29 is 19.7 Å². The van der Waals surface area contributed by atoms with Crippen molar-refractivity contribution in [1.29, 1.82) is 0 Å². The average molecular weight is 211 g/mol. The van der Waals surface area contributed by atoms with Crippen molar-refractivity contribution in [2.24, 2.45) is 0 Å². The molecule has 15 heavy (non-hydrogen) atoms. The fourth-order valence-corrected chi connectivity index (χ4v) is 1.08. The number of aliphatic carboxylic acids is 1. The van der Waals surface area contributed by atoms with Crippen LogP contribution in [-0.2, 0) is 4.79 Å². The number of phenolic OH excluding ortho intramolecular Hbond substituents is 1. The van der Waals surface area contributed by atoms with Crippen LogP contribution in [0.5, 0.6) is 11.5 Å². The summed E-state index contributed by atoms with van der Waals surface area (Å²) in [6, 6.07) is 3.86. The molecule has 0 aromatic heterocycles. The Balaban J connectivity index is 2.83. The van der Waals surface area contributed by atoms with E-state index in [-0.39, 0.29) is 5.75 Å². The van der Waals surface area contributed by atoms with E-state index in [1.54, 1.807) is 6.07 Å². The van der Waals surface area contributed by atoms with Gasteiger partial charge < -0.3 is 20.3 Å². The summed E-state index contributed by atoms with van der Waals surface area (Å²) in [5.74, 6) is -0.620. The maximum absolute atomic E-state index is 10.6.